The van der Waals surface area contributed by atoms with E-state index in [1.54, 1.807) is 0 Å². The van der Waals surface area contributed by atoms with E-state index in [0.717, 1.165) is 29.0 Å². The summed E-state index contributed by atoms with van der Waals surface area (Å²) in [5.74, 6) is 2.44. The van der Waals surface area contributed by atoms with E-state index in [4.69, 9.17) is 0 Å². The number of hydrogen-bond acceptors (Lipinski definition) is 2. The molecule has 0 atom stereocenters. The third kappa shape index (κ3) is 3.58. The van der Waals surface area contributed by atoms with Crippen molar-refractivity contribution in [1.82, 2.24) is 5.32 Å². The first-order valence-electron chi connectivity index (χ1n) is 9.63. The second kappa shape index (κ2) is 6.47. The molecule has 134 valence electrons. The summed E-state index contributed by atoms with van der Waals surface area (Å²) in [5.41, 5.74) is 2.06. The summed E-state index contributed by atoms with van der Waals surface area (Å²) < 4.78 is 0. The molecule has 0 aromatic heterocycles. The zero-order valence-corrected chi connectivity index (χ0v) is 15.0. The minimum atomic E-state index is -0.159. The lowest BCUT2D eigenvalue weighted by Gasteiger charge is -2.56. The SMILES string of the molecule is Cc1ccccc1NC(=O)CNC(=O)CC12CC3CC(CC(C3)C1)C2. The summed E-state index contributed by atoms with van der Waals surface area (Å²) >= 11 is 0. The van der Waals surface area contributed by atoms with Gasteiger partial charge in [-0.3, -0.25) is 9.59 Å². The molecule has 0 spiro atoms. The minimum Gasteiger partial charge on any atom is -0.347 e. The number of rotatable bonds is 5. The van der Waals surface area contributed by atoms with E-state index in [0.29, 0.717) is 6.42 Å². The number of anilines is 1. The lowest BCUT2D eigenvalue weighted by atomic mass is 9.49. The summed E-state index contributed by atoms with van der Waals surface area (Å²) in [6.45, 7) is 2.01. The van der Waals surface area contributed by atoms with Crippen LogP contribution in [0.1, 0.15) is 50.5 Å². The third-order valence-electron chi connectivity index (χ3n) is 6.57. The van der Waals surface area contributed by atoms with Crippen molar-refractivity contribution in [1.29, 1.82) is 0 Å². The van der Waals surface area contributed by atoms with E-state index in [9.17, 15) is 9.59 Å². The Bertz CT molecular complexity index is 647. The second-order valence-electron chi connectivity index (χ2n) is 8.73. The van der Waals surface area contributed by atoms with Gasteiger partial charge >= 0.3 is 0 Å². The van der Waals surface area contributed by atoms with Gasteiger partial charge in [-0.15, -0.1) is 0 Å². The van der Waals surface area contributed by atoms with Crippen LogP contribution < -0.4 is 10.6 Å². The molecule has 0 heterocycles. The van der Waals surface area contributed by atoms with Crippen molar-refractivity contribution in [3.63, 3.8) is 0 Å². The first-order valence-corrected chi connectivity index (χ1v) is 9.63. The Balaban J connectivity index is 1.28. The lowest BCUT2D eigenvalue weighted by molar-refractivity contribution is -0.131. The number of aryl methyl sites for hydroxylation is 1. The lowest BCUT2D eigenvalue weighted by Crippen LogP contribution is -2.48. The molecular formula is C21H28N2O2. The van der Waals surface area contributed by atoms with Crippen LogP contribution in [0.2, 0.25) is 0 Å². The average molecular weight is 340 g/mol. The maximum Gasteiger partial charge on any atom is 0.243 e. The quantitative estimate of drug-likeness (QED) is 0.859. The smallest absolute Gasteiger partial charge is 0.243 e. The predicted octanol–water partition coefficient (Wildman–Crippen LogP) is 3.66. The Hall–Kier alpha value is -1.84. The van der Waals surface area contributed by atoms with Gasteiger partial charge in [0.2, 0.25) is 11.8 Å². The molecule has 2 amide bonds. The molecule has 1 aromatic rings. The molecular weight excluding hydrogens is 312 g/mol. The van der Waals surface area contributed by atoms with Crippen molar-refractivity contribution in [3.05, 3.63) is 29.8 Å². The van der Waals surface area contributed by atoms with Gasteiger partial charge in [0.05, 0.1) is 6.54 Å². The van der Waals surface area contributed by atoms with E-state index in [2.05, 4.69) is 10.6 Å². The zero-order chi connectivity index (χ0) is 17.4. The van der Waals surface area contributed by atoms with E-state index < -0.39 is 0 Å². The molecule has 0 aliphatic heterocycles. The first kappa shape index (κ1) is 16.6. The van der Waals surface area contributed by atoms with Gasteiger partial charge in [0.25, 0.3) is 0 Å². The Morgan fingerprint density at radius 1 is 1.00 bits per heavy atom. The van der Waals surface area contributed by atoms with Crippen LogP contribution in [-0.4, -0.2) is 18.4 Å². The zero-order valence-electron chi connectivity index (χ0n) is 15.0. The molecule has 4 aliphatic rings. The molecule has 4 saturated carbocycles. The predicted molar refractivity (Wildman–Crippen MR) is 98.0 cm³/mol. The topological polar surface area (TPSA) is 58.2 Å². The maximum atomic E-state index is 12.5. The highest BCUT2D eigenvalue weighted by atomic mass is 16.2. The Labute approximate surface area is 149 Å². The first-order chi connectivity index (χ1) is 12.0. The summed E-state index contributed by atoms with van der Waals surface area (Å²) in [5, 5.41) is 5.72. The van der Waals surface area contributed by atoms with Crippen molar-refractivity contribution in [2.24, 2.45) is 23.2 Å². The van der Waals surface area contributed by atoms with E-state index >= 15 is 0 Å². The largest absolute Gasteiger partial charge is 0.347 e. The molecule has 25 heavy (non-hydrogen) atoms. The van der Waals surface area contributed by atoms with Gasteiger partial charge in [-0.25, -0.2) is 0 Å². The number of para-hydroxylation sites is 1. The molecule has 0 unspecified atom stereocenters. The van der Waals surface area contributed by atoms with Crippen LogP contribution in [0.25, 0.3) is 0 Å². The van der Waals surface area contributed by atoms with Gasteiger partial charge in [0, 0.05) is 12.1 Å². The van der Waals surface area contributed by atoms with Gasteiger partial charge < -0.3 is 10.6 Å². The number of carbonyl (C=O) groups is 2. The second-order valence-corrected chi connectivity index (χ2v) is 8.73. The highest BCUT2D eigenvalue weighted by molar-refractivity contribution is 5.95. The summed E-state index contributed by atoms with van der Waals surface area (Å²) in [6, 6.07) is 7.68. The van der Waals surface area contributed by atoms with Crippen LogP contribution in [0.3, 0.4) is 0 Å². The average Bonchev–Trinajstić information content (AvgIpc) is 2.53. The molecule has 4 nitrogen and oxygen atoms in total. The number of carbonyl (C=O) groups excluding carboxylic acids is 2. The van der Waals surface area contributed by atoms with E-state index in [-0.39, 0.29) is 23.8 Å². The highest BCUT2D eigenvalue weighted by Crippen LogP contribution is 2.61. The van der Waals surface area contributed by atoms with Gasteiger partial charge in [-0.1, -0.05) is 18.2 Å². The van der Waals surface area contributed by atoms with Crippen LogP contribution in [0, 0.1) is 30.1 Å². The summed E-state index contributed by atoms with van der Waals surface area (Å²) in [7, 11) is 0. The molecule has 5 rings (SSSR count). The molecule has 4 bridgehead atoms. The summed E-state index contributed by atoms with van der Waals surface area (Å²) in [4.78, 5) is 24.6. The van der Waals surface area contributed by atoms with Crippen LogP contribution in [0.15, 0.2) is 24.3 Å². The van der Waals surface area contributed by atoms with E-state index in [1.165, 1.54) is 38.5 Å². The van der Waals surface area contributed by atoms with Crippen molar-refractivity contribution < 1.29 is 9.59 Å². The van der Waals surface area contributed by atoms with Crippen molar-refractivity contribution in [2.45, 2.75) is 51.9 Å². The fourth-order valence-corrected chi connectivity index (χ4v) is 6.00. The molecule has 4 aliphatic carbocycles. The number of nitrogens with one attached hydrogen (secondary N) is 2. The van der Waals surface area contributed by atoms with Gasteiger partial charge in [-0.2, -0.15) is 0 Å². The molecule has 2 N–H and O–H groups in total. The molecule has 0 saturated heterocycles. The van der Waals surface area contributed by atoms with Crippen molar-refractivity contribution in [2.75, 3.05) is 11.9 Å². The maximum absolute atomic E-state index is 12.5. The van der Waals surface area contributed by atoms with Crippen LogP contribution >= 0.6 is 0 Å². The van der Waals surface area contributed by atoms with Crippen LogP contribution in [0.5, 0.6) is 0 Å². The van der Waals surface area contributed by atoms with Gasteiger partial charge in [0.15, 0.2) is 0 Å². The summed E-state index contributed by atoms with van der Waals surface area (Å²) in [6.07, 6.45) is 8.44. The Morgan fingerprint density at radius 3 is 2.20 bits per heavy atom. The van der Waals surface area contributed by atoms with Gasteiger partial charge in [0.1, 0.15) is 0 Å². The molecule has 4 fully saturated rings. The minimum absolute atomic E-state index is 0.0434. The number of amides is 2. The Kier molecular flexibility index (Phi) is 4.30. The molecule has 4 heteroatoms. The standard InChI is InChI=1S/C21H28N2O2/c1-14-4-2-3-5-18(14)23-20(25)13-22-19(24)12-21-9-15-6-16(10-21)8-17(7-15)11-21/h2-5,15-17H,6-13H2,1H3,(H,22,24)(H,23,25). The Morgan fingerprint density at radius 2 is 1.60 bits per heavy atom. The normalized spacial score (nSPS) is 32.4. The van der Waals surface area contributed by atoms with Gasteiger partial charge in [-0.05, 0) is 80.2 Å². The molecule has 0 radical (unpaired) electrons. The number of benzene rings is 1. The fraction of sp³-hybridized carbons (Fsp3) is 0.619. The van der Waals surface area contributed by atoms with Crippen molar-refractivity contribution >= 4 is 17.5 Å². The number of hydrogen-bond donors (Lipinski definition) is 2. The van der Waals surface area contributed by atoms with Crippen LogP contribution in [-0.2, 0) is 9.59 Å². The van der Waals surface area contributed by atoms with Crippen LogP contribution in [0.4, 0.5) is 5.69 Å². The third-order valence-corrected chi connectivity index (χ3v) is 6.57. The van der Waals surface area contributed by atoms with E-state index in [1.807, 2.05) is 31.2 Å². The van der Waals surface area contributed by atoms with Crippen molar-refractivity contribution in [3.8, 4) is 0 Å². The monoisotopic (exact) mass is 340 g/mol. The molecule has 1 aromatic carbocycles. The highest BCUT2D eigenvalue weighted by Gasteiger charge is 2.51. The fourth-order valence-electron chi connectivity index (χ4n) is 6.00.